The third kappa shape index (κ3) is 11.9. The number of amides is 6. The first-order valence-electron chi connectivity index (χ1n) is 18.4. The molecule has 4 atom stereocenters. The number of carbonyl (C=O) groups is 7. The van der Waals surface area contributed by atoms with Crippen LogP contribution in [0.4, 0.5) is 8.78 Å². The molecule has 0 bridgehead atoms. The van der Waals surface area contributed by atoms with E-state index in [9.17, 15) is 53.3 Å². The van der Waals surface area contributed by atoms with Gasteiger partial charge in [-0.25, -0.2) is 13.6 Å². The van der Waals surface area contributed by atoms with E-state index in [4.69, 9.17) is 5.73 Å². The second-order valence-corrected chi connectivity index (χ2v) is 14.8. The summed E-state index contributed by atoms with van der Waals surface area (Å²) in [5.74, 6) is -8.15. The lowest BCUT2D eigenvalue weighted by atomic mass is 9.82. The molecule has 0 aliphatic carbocycles. The maximum atomic E-state index is 15.1. The van der Waals surface area contributed by atoms with Crippen molar-refractivity contribution in [2.75, 3.05) is 32.8 Å². The Kier molecular flexibility index (Phi) is 15.3. The van der Waals surface area contributed by atoms with Crippen molar-refractivity contribution in [2.24, 2.45) is 11.1 Å². The summed E-state index contributed by atoms with van der Waals surface area (Å²) in [7, 11) is 0. The number of carboxylic acids is 1. The van der Waals surface area contributed by atoms with Crippen LogP contribution in [0.1, 0.15) is 44.5 Å². The number of benzene rings is 2. The van der Waals surface area contributed by atoms with Gasteiger partial charge in [0.2, 0.25) is 23.6 Å². The van der Waals surface area contributed by atoms with Crippen LogP contribution < -0.4 is 21.7 Å². The normalized spacial score (nSPS) is 14.7. The SMILES string of the molecule is CC(C)(C)C(c1cc(-c2cc(F)ccc2F)cn1Cc1ccccc1)N(CCC(N)C(=O)N[C@H](CNC(=O)C(CO)NC(=O)CN1C(=O)C=CC1=O)C(=O)O)C(=O)CO. The summed E-state index contributed by atoms with van der Waals surface area (Å²) in [6, 6.07) is 8.30. The molecule has 17 nitrogen and oxygen atoms in total. The largest absolute Gasteiger partial charge is 0.480 e. The predicted molar refractivity (Wildman–Crippen MR) is 206 cm³/mol. The number of carbonyl (C=O) groups excluding carboxylic acids is 6. The Labute approximate surface area is 337 Å². The van der Waals surface area contributed by atoms with Crippen molar-refractivity contribution in [1.82, 2.24) is 30.3 Å². The highest BCUT2D eigenvalue weighted by atomic mass is 19.1. The number of nitrogens with one attached hydrogen (secondary N) is 3. The number of hydrogen-bond donors (Lipinski definition) is 7. The first-order chi connectivity index (χ1) is 27.8. The van der Waals surface area contributed by atoms with E-state index in [1.54, 1.807) is 16.8 Å². The van der Waals surface area contributed by atoms with Crippen LogP contribution >= 0.6 is 0 Å². The molecular formula is C40H47F2N7O10. The highest BCUT2D eigenvalue weighted by Crippen LogP contribution is 2.41. The van der Waals surface area contributed by atoms with Crippen LogP contribution in [0, 0.1) is 17.0 Å². The summed E-state index contributed by atoms with van der Waals surface area (Å²) in [5.41, 5.74) is 7.08. The Bertz CT molecular complexity index is 2070. The third-order valence-corrected chi connectivity index (χ3v) is 9.38. The highest BCUT2D eigenvalue weighted by Gasteiger charge is 2.38. The number of aromatic nitrogens is 1. The van der Waals surface area contributed by atoms with E-state index in [2.05, 4.69) is 16.0 Å². The van der Waals surface area contributed by atoms with Crippen molar-refractivity contribution >= 4 is 41.4 Å². The number of hydrogen-bond acceptors (Lipinski definition) is 10. The van der Waals surface area contributed by atoms with E-state index in [1.165, 1.54) is 4.90 Å². The van der Waals surface area contributed by atoms with Crippen molar-refractivity contribution in [3.05, 3.63) is 95.8 Å². The number of aliphatic carboxylic acids is 1. The first kappa shape index (κ1) is 45.4. The predicted octanol–water partition coefficient (Wildman–Crippen LogP) is 0.195. The molecule has 1 aliphatic rings. The lowest BCUT2D eigenvalue weighted by Crippen LogP contribution is -2.56. The number of imide groups is 1. The minimum absolute atomic E-state index is 0.0177. The zero-order chi connectivity index (χ0) is 43.6. The third-order valence-electron chi connectivity index (χ3n) is 9.38. The molecule has 0 fully saturated rings. The van der Waals surface area contributed by atoms with Crippen molar-refractivity contribution in [2.45, 2.75) is 57.9 Å². The molecule has 316 valence electrons. The van der Waals surface area contributed by atoms with Gasteiger partial charge in [-0.2, -0.15) is 0 Å². The molecule has 0 spiro atoms. The van der Waals surface area contributed by atoms with E-state index in [1.807, 2.05) is 51.1 Å². The molecule has 0 saturated carbocycles. The van der Waals surface area contributed by atoms with E-state index < -0.39 is 109 Å². The van der Waals surface area contributed by atoms with Crippen molar-refractivity contribution in [1.29, 1.82) is 0 Å². The van der Waals surface area contributed by atoms with E-state index in [0.717, 1.165) is 35.9 Å². The molecular weight excluding hydrogens is 776 g/mol. The number of carboxylic acid groups (broad SMARTS) is 1. The topological polar surface area (TPSA) is 254 Å². The summed E-state index contributed by atoms with van der Waals surface area (Å²) >= 11 is 0. The zero-order valence-corrected chi connectivity index (χ0v) is 32.6. The molecule has 0 saturated heterocycles. The molecule has 19 heteroatoms. The summed E-state index contributed by atoms with van der Waals surface area (Å²) in [5, 5.41) is 36.1. The maximum Gasteiger partial charge on any atom is 0.328 e. The molecule has 6 amide bonds. The average Bonchev–Trinajstić information content (AvgIpc) is 3.74. The number of nitrogens with zero attached hydrogens (tertiary/aromatic N) is 3. The lowest BCUT2D eigenvalue weighted by molar-refractivity contribution is -0.142. The van der Waals surface area contributed by atoms with Crippen LogP contribution in [0.25, 0.3) is 11.1 Å². The Morgan fingerprint density at radius 2 is 1.56 bits per heavy atom. The number of aliphatic hydroxyl groups excluding tert-OH is 2. The van der Waals surface area contributed by atoms with Gasteiger partial charge < -0.3 is 46.5 Å². The fraction of sp³-hybridized carbons (Fsp3) is 0.375. The summed E-state index contributed by atoms with van der Waals surface area (Å²) in [6.07, 6.45) is 3.30. The quantitative estimate of drug-likeness (QED) is 0.0804. The maximum absolute atomic E-state index is 15.1. The van der Waals surface area contributed by atoms with Crippen molar-refractivity contribution < 1.29 is 57.7 Å². The van der Waals surface area contributed by atoms with Gasteiger partial charge in [0.15, 0.2) is 0 Å². The number of nitrogens with two attached hydrogens (primary N) is 1. The lowest BCUT2D eigenvalue weighted by Gasteiger charge is -2.41. The Morgan fingerprint density at radius 1 is 0.898 bits per heavy atom. The Hall–Kier alpha value is -6.31. The molecule has 1 aromatic heterocycles. The summed E-state index contributed by atoms with van der Waals surface area (Å²) in [4.78, 5) is 89.2. The Balaban J connectivity index is 1.50. The van der Waals surface area contributed by atoms with Crippen LogP contribution in [0.5, 0.6) is 0 Å². The second kappa shape index (κ2) is 19.9. The summed E-state index contributed by atoms with van der Waals surface area (Å²) in [6.45, 7) is 2.19. The van der Waals surface area contributed by atoms with Gasteiger partial charge in [0.25, 0.3) is 11.8 Å². The molecule has 1 aliphatic heterocycles. The number of rotatable bonds is 19. The molecule has 3 aromatic rings. The van der Waals surface area contributed by atoms with Gasteiger partial charge in [-0.15, -0.1) is 0 Å². The van der Waals surface area contributed by atoms with Crippen molar-refractivity contribution in [3.8, 4) is 11.1 Å². The molecule has 8 N–H and O–H groups in total. The van der Waals surface area contributed by atoms with Crippen LogP contribution in [-0.2, 0) is 40.1 Å². The smallest absolute Gasteiger partial charge is 0.328 e. The molecule has 2 aromatic carbocycles. The second-order valence-electron chi connectivity index (χ2n) is 14.8. The monoisotopic (exact) mass is 823 g/mol. The minimum Gasteiger partial charge on any atom is -0.480 e. The van der Waals surface area contributed by atoms with Gasteiger partial charge in [-0.1, -0.05) is 51.1 Å². The van der Waals surface area contributed by atoms with E-state index in [0.29, 0.717) is 16.2 Å². The van der Waals surface area contributed by atoms with Gasteiger partial charge in [0.05, 0.1) is 18.7 Å². The van der Waals surface area contributed by atoms with Crippen molar-refractivity contribution in [3.63, 3.8) is 0 Å². The molecule has 0 radical (unpaired) electrons. The van der Waals surface area contributed by atoms with Crippen LogP contribution in [-0.4, -0.2) is 122 Å². The van der Waals surface area contributed by atoms with Crippen LogP contribution in [0.15, 0.2) is 72.9 Å². The van der Waals surface area contributed by atoms with Gasteiger partial charge in [0.1, 0.15) is 36.9 Å². The summed E-state index contributed by atoms with van der Waals surface area (Å²) < 4.78 is 31.2. The molecule has 4 rings (SSSR count). The zero-order valence-electron chi connectivity index (χ0n) is 32.6. The van der Waals surface area contributed by atoms with Gasteiger partial charge in [0, 0.05) is 54.8 Å². The standard InChI is InChI=1S/C40H47F2N7O10/c1-40(2,3)36(31-15-24(26-16-25(41)9-10-27(26)42)19-47(31)18-23-7-5-4-6-8-23)48(35(55)22-51)14-13-28(43)37(56)46-29(39(58)59)17-44-38(57)30(21-50)45-32(52)20-49-33(53)11-12-34(49)54/h4-12,15-16,19,28-30,36,50-51H,13-14,17-18,20-22,43H2,1-3H3,(H,44,57)(H,45,52)(H,46,56)(H,58,59)/t28?,29-,30?,36?/m1/s1. The van der Waals surface area contributed by atoms with Crippen LogP contribution in [0.2, 0.25) is 0 Å². The minimum atomic E-state index is -1.75. The van der Waals surface area contributed by atoms with Crippen LogP contribution in [0.3, 0.4) is 0 Å². The average molecular weight is 824 g/mol. The fourth-order valence-corrected chi connectivity index (χ4v) is 6.48. The highest BCUT2D eigenvalue weighted by molar-refractivity contribution is 6.14. The van der Waals surface area contributed by atoms with Gasteiger partial charge in [-0.05, 0) is 41.7 Å². The Morgan fingerprint density at radius 3 is 2.15 bits per heavy atom. The molecule has 59 heavy (non-hydrogen) atoms. The molecule has 2 heterocycles. The number of aliphatic hydroxyl groups is 2. The fourth-order valence-electron chi connectivity index (χ4n) is 6.48. The van der Waals surface area contributed by atoms with Gasteiger partial charge >= 0.3 is 5.97 Å². The molecule has 3 unspecified atom stereocenters. The first-order valence-corrected chi connectivity index (χ1v) is 18.4. The van der Waals surface area contributed by atoms with Gasteiger partial charge in [-0.3, -0.25) is 33.7 Å². The number of halogens is 2. The van der Waals surface area contributed by atoms with E-state index in [-0.39, 0.29) is 25.1 Å². The van der Waals surface area contributed by atoms with E-state index >= 15 is 4.39 Å².